The van der Waals surface area contributed by atoms with Gasteiger partial charge in [0.05, 0.1) is 5.03 Å². The Morgan fingerprint density at radius 3 is 2.77 bits per heavy atom. The Bertz CT molecular complexity index is 1060. The Labute approximate surface area is 179 Å². The molecule has 0 radical (unpaired) electrons. The molecular formula is C23H23N3O3S. The highest BCUT2D eigenvalue weighted by Crippen LogP contribution is 2.22. The van der Waals surface area contributed by atoms with E-state index in [4.69, 9.17) is 4.74 Å². The van der Waals surface area contributed by atoms with Gasteiger partial charge in [0.15, 0.2) is 5.76 Å². The molecule has 1 aliphatic heterocycles. The van der Waals surface area contributed by atoms with Crippen molar-refractivity contribution >= 4 is 29.4 Å². The van der Waals surface area contributed by atoms with Crippen LogP contribution in [0.1, 0.15) is 24.8 Å². The van der Waals surface area contributed by atoms with E-state index >= 15 is 0 Å². The molecule has 2 amide bonds. The number of thioether (sulfide) groups is 1. The summed E-state index contributed by atoms with van der Waals surface area (Å²) >= 11 is 1.74. The van der Waals surface area contributed by atoms with Gasteiger partial charge in [0.25, 0.3) is 5.91 Å². The van der Waals surface area contributed by atoms with E-state index in [1.807, 2.05) is 48.7 Å². The number of hydrogen-bond acceptors (Lipinski definition) is 5. The SMILES string of the molecule is O=C1O/C(=C/CCc2ccccc2)C(=O)N1CCCCSc1cccc2nccn12. The molecule has 0 spiro atoms. The maximum absolute atomic E-state index is 12.5. The molecule has 0 atom stereocenters. The molecule has 0 unspecified atom stereocenters. The number of ether oxygens (including phenoxy) is 1. The third-order valence-corrected chi connectivity index (χ3v) is 6.02. The monoisotopic (exact) mass is 421 g/mol. The van der Waals surface area contributed by atoms with Crippen LogP contribution in [0.4, 0.5) is 4.79 Å². The van der Waals surface area contributed by atoms with Crippen LogP contribution in [0.2, 0.25) is 0 Å². The number of unbranched alkanes of at least 4 members (excludes halogenated alkanes) is 1. The van der Waals surface area contributed by atoms with Crippen molar-refractivity contribution in [1.82, 2.24) is 14.3 Å². The second kappa shape index (κ2) is 9.63. The van der Waals surface area contributed by atoms with Crippen molar-refractivity contribution in [2.45, 2.75) is 30.7 Å². The lowest BCUT2D eigenvalue weighted by Crippen LogP contribution is -2.29. The second-order valence-electron chi connectivity index (χ2n) is 6.99. The summed E-state index contributed by atoms with van der Waals surface area (Å²) in [6.45, 7) is 0.378. The van der Waals surface area contributed by atoms with Gasteiger partial charge in [-0.05, 0) is 55.2 Å². The van der Waals surface area contributed by atoms with Gasteiger partial charge in [0, 0.05) is 18.9 Å². The van der Waals surface area contributed by atoms with Crippen LogP contribution in [0.3, 0.4) is 0 Å². The summed E-state index contributed by atoms with van der Waals surface area (Å²) in [7, 11) is 0. The molecule has 6 nitrogen and oxygen atoms in total. The number of amides is 2. The number of fused-ring (bicyclic) bond motifs is 1. The number of carbonyl (C=O) groups is 2. The molecule has 1 aliphatic rings. The number of nitrogens with zero attached hydrogens (tertiary/aromatic N) is 3. The van der Waals surface area contributed by atoms with Crippen molar-refractivity contribution in [3.8, 4) is 0 Å². The number of rotatable bonds is 9. The number of aromatic nitrogens is 2. The van der Waals surface area contributed by atoms with Gasteiger partial charge < -0.3 is 4.74 Å². The van der Waals surface area contributed by atoms with Crippen molar-refractivity contribution < 1.29 is 14.3 Å². The molecule has 0 aliphatic carbocycles. The van der Waals surface area contributed by atoms with Crippen LogP contribution < -0.4 is 0 Å². The predicted molar refractivity (Wildman–Crippen MR) is 116 cm³/mol. The number of imidazole rings is 1. The van der Waals surface area contributed by atoms with Crippen LogP contribution in [0.25, 0.3) is 5.65 Å². The number of aryl methyl sites for hydroxylation is 1. The summed E-state index contributed by atoms with van der Waals surface area (Å²) < 4.78 is 7.23. The second-order valence-corrected chi connectivity index (χ2v) is 8.11. The zero-order chi connectivity index (χ0) is 20.8. The van der Waals surface area contributed by atoms with E-state index in [2.05, 4.69) is 15.5 Å². The van der Waals surface area contributed by atoms with Crippen molar-refractivity contribution in [3.63, 3.8) is 0 Å². The van der Waals surface area contributed by atoms with Gasteiger partial charge in [-0.2, -0.15) is 0 Å². The van der Waals surface area contributed by atoms with E-state index in [9.17, 15) is 9.59 Å². The van der Waals surface area contributed by atoms with Crippen LogP contribution in [0.15, 0.2) is 77.8 Å². The molecule has 3 aromatic rings. The summed E-state index contributed by atoms with van der Waals surface area (Å²) in [5.41, 5.74) is 2.11. The maximum atomic E-state index is 12.5. The Kier molecular flexibility index (Phi) is 6.49. The largest absolute Gasteiger partial charge is 0.422 e. The lowest BCUT2D eigenvalue weighted by atomic mass is 10.1. The van der Waals surface area contributed by atoms with Gasteiger partial charge in [0.1, 0.15) is 5.65 Å². The fourth-order valence-corrected chi connectivity index (χ4v) is 4.36. The highest BCUT2D eigenvalue weighted by atomic mass is 32.2. The molecule has 1 fully saturated rings. The lowest BCUT2D eigenvalue weighted by molar-refractivity contribution is -0.123. The molecule has 0 N–H and O–H groups in total. The maximum Gasteiger partial charge on any atom is 0.422 e. The summed E-state index contributed by atoms with van der Waals surface area (Å²) in [6, 6.07) is 16.1. The summed E-state index contributed by atoms with van der Waals surface area (Å²) in [5.74, 6) is 0.717. The van der Waals surface area contributed by atoms with Gasteiger partial charge in [-0.15, -0.1) is 11.8 Å². The minimum atomic E-state index is -0.568. The van der Waals surface area contributed by atoms with Crippen LogP contribution in [0, 0.1) is 0 Å². The first-order chi connectivity index (χ1) is 14.7. The Morgan fingerprint density at radius 2 is 1.90 bits per heavy atom. The Hall–Kier alpha value is -3.06. The standard InChI is InChI=1S/C23H23N3O3S/c27-22-19(11-6-10-18-8-2-1-3-9-18)29-23(28)26(22)15-4-5-17-30-21-13-7-12-20-24-14-16-25(20)21/h1-3,7-9,11-14,16H,4-6,10,15,17H2/b19-11+. The van der Waals surface area contributed by atoms with Crippen molar-refractivity contribution in [1.29, 1.82) is 0 Å². The number of cyclic esters (lactones) is 1. The summed E-state index contributed by atoms with van der Waals surface area (Å²) in [5, 5.41) is 1.13. The lowest BCUT2D eigenvalue weighted by Gasteiger charge is -2.10. The number of allylic oxidation sites excluding steroid dienone is 1. The number of hydrogen-bond donors (Lipinski definition) is 0. The van der Waals surface area contributed by atoms with Crippen LogP contribution in [0.5, 0.6) is 0 Å². The fourth-order valence-electron chi connectivity index (χ4n) is 3.33. The Morgan fingerprint density at radius 1 is 1.03 bits per heavy atom. The van der Waals surface area contributed by atoms with Crippen molar-refractivity contribution in [2.24, 2.45) is 0 Å². The zero-order valence-electron chi connectivity index (χ0n) is 16.6. The highest BCUT2D eigenvalue weighted by molar-refractivity contribution is 7.99. The van der Waals surface area contributed by atoms with Gasteiger partial charge >= 0.3 is 6.09 Å². The van der Waals surface area contributed by atoms with Gasteiger partial charge in [-0.1, -0.05) is 36.4 Å². The van der Waals surface area contributed by atoms with E-state index in [1.165, 1.54) is 10.5 Å². The minimum absolute atomic E-state index is 0.150. The van der Waals surface area contributed by atoms with Gasteiger partial charge in [-0.3, -0.25) is 9.20 Å². The number of imide groups is 1. The summed E-state index contributed by atoms with van der Waals surface area (Å²) in [4.78, 5) is 30.0. The molecule has 154 valence electrons. The van der Waals surface area contributed by atoms with E-state index < -0.39 is 6.09 Å². The average Bonchev–Trinajstić information content (AvgIpc) is 3.34. The van der Waals surface area contributed by atoms with E-state index in [0.29, 0.717) is 13.0 Å². The molecule has 0 bridgehead atoms. The molecule has 1 saturated heterocycles. The Balaban J connectivity index is 1.22. The van der Waals surface area contributed by atoms with E-state index in [-0.39, 0.29) is 11.7 Å². The third-order valence-electron chi connectivity index (χ3n) is 4.90. The third kappa shape index (κ3) is 4.74. The average molecular weight is 422 g/mol. The first-order valence-electron chi connectivity index (χ1n) is 10.0. The van der Waals surface area contributed by atoms with Crippen molar-refractivity contribution in [3.05, 3.63) is 78.3 Å². The minimum Gasteiger partial charge on any atom is -0.404 e. The normalized spacial score (nSPS) is 15.3. The highest BCUT2D eigenvalue weighted by Gasteiger charge is 2.35. The molecule has 7 heteroatoms. The zero-order valence-corrected chi connectivity index (χ0v) is 17.4. The summed E-state index contributed by atoms with van der Waals surface area (Å²) in [6.07, 6.45) is 7.97. The first kappa shape index (κ1) is 20.2. The van der Waals surface area contributed by atoms with E-state index in [0.717, 1.165) is 35.7 Å². The number of benzene rings is 1. The molecule has 0 saturated carbocycles. The van der Waals surface area contributed by atoms with Gasteiger partial charge in [0.2, 0.25) is 0 Å². The smallest absolute Gasteiger partial charge is 0.404 e. The molecule has 4 rings (SSSR count). The molecule has 1 aromatic carbocycles. The van der Waals surface area contributed by atoms with Crippen LogP contribution in [-0.4, -0.2) is 38.6 Å². The molecule has 30 heavy (non-hydrogen) atoms. The van der Waals surface area contributed by atoms with Gasteiger partial charge in [-0.25, -0.2) is 14.7 Å². The topological polar surface area (TPSA) is 63.9 Å². The fraction of sp³-hybridized carbons (Fsp3) is 0.261. The number of pyridine rings is 1. The molecule has 3 heterocycles. The quantitative estimate of drug-likeness (QED) is 0.285. The molecular weight excluding hydrogens is 398 g/mol. The van der Waals surface area contributed by atoms with E-state index in [1.54, 1.807) is 24.0 Å². The first-order valence-corrected chi connectivity index (χ1v) is 11.0. The number of carbonyl (C=O) groups excluding carboxylic acids is 2. The van der Waals surface area contributed by atoms with Crippen LogP contribution in [-0.2, 0) is 16.0 Å². The predicted octanol–water partition coefficient (Wildman–Crippen LogP) is 4.70. The van der Waals surface area contributed by atoms with Crippen LogP contribution >= 0.6 is 11.8 Å². The molecule has 2 aromatic heterocycles. The van der Waals surface area contributed by atoms with Crippen molar-refractivity contribution in [2.75, 3.05) is 12.3 Å².